The predicted molar refractivity (Wildman–Crippen MR) is 56.7 cm³/mol. The van der Waals surface area contributed by atoms with E-state index in [1.807, 2.05) is 26.8 Å². The molecule has 1 aromatic rings. The quantitative estimate of drug-likeness (QED) is 0.782. The van der Waals surface area contributed by atoms with Crippen LogP contribution in [0.25, 0.3) is 0 Å². The predicted octanol–water partition coefficient (Wildman–Crippen LogP) is 2.80. The highest BCUT2D eigenvalue weighted by molar-refractivity contribution is 5.76. The second-order valence-corrected chi connectivity index (χ2v) is 3.86. The fraction of sp³-hybridized carbons (Fsp3) is 0.417. The zero-order valence-electron chi connectivity index (χ0n) is 9.09. The van der Waals surface area contributed by atoms with E-state index in [2.05, 4.69) is 6.07 Å². The second-order valence-electron chi connectivity index (χ2n) is 3.86. The molecule has 0 fully saturated rings. The molecule has 76 valence electrons. The van der Waals surface area contributed by atoms with Crippen LogP contribution >= 0.6 is 0 Å². The van der Waals surface area contributed by atoms with Crippen LogP contribution < -0.4 is 0 Å². The number of hydrogen-bond acceptors (Lipinski definition) is 1. The van der Waals surface area contributed by atoms with E-state index < -0.39 is 11.9 Å². The SMILES string of the molecule is Cc1cc(C)c(C)c(C(C)C(=O)O)c1. The van der Waals surface area contributed by atoms with Gasteiger partial charge in [0.15, 0.2) is 0 Å². The minimum atomic E-state index is -0.766. The first-order chi connectivity index (χ1) is 6.43. The van der Waals surface area contributed by atoms with Gasteiger partial charge in [0.05, 0.1) is 5.92 Å². The smallest absolute Gasteiger partial charge is 0.310 e. The first kappa shape index (κ1) is 10.8. The Hall–Kier alpha value is -1.31. The Balaban J connectivity index is 3.26. The van der Waals surface area contributed by atoms with Crippen molar-refractivity contribution in [1.82, 2.24) is 0 Å². The second kappa shape index (κ2) is 3.82. The number of carboxylic acid groups (broad SMARTS) is 1. The molecule has 0 spiro atoms. The monoisotopic (exact) mass is 192 g/mol. The molecular weight excluding hydrogens is 176 g/mol. The van der Waals surface area contributed by atoms with Crippen LogP contribution in [-0.2, 0) is 4.79 Å². The van der Waals surface area contributed by atoms with Crippen molar-refractivity contribution in [1.29, 1.82) is 0 Å². The van der Waals surface area contributed by atoms with Crippen molar-refractivity contribution in [2.45, 2.75) is 33.6 Å². The van der Waals surface area contributed by atoms with Gasteiger partial charge < -0.3 is 5.11 Å². The van der Waals surface area contributed by atoms with Gasteiger partial charge in [-0.3, -0.25) is 4.79 Å². The van der Waals surface area contributed by atoms with Crippen molar-refractivity contribution >= 4 is 5.97 Å². The van der Waals surface area contributed by atoms with Gasteiger partial charge in [0.2, 0.25) is 0 Å². The van der Waals surface area contributed by atoms with Crippen molar-refractivity contribution in [2.24, 2.45) is 0 Å². The fourth-order valence-corrected chi connectivity index (χ4v) is 1.66. The van der Waals surface area contributed by atoms with Gasteiger partial charge in [-0.1, -0.05) is 17.7 Å². The Morgan fingerprint density at radius 2 is 1.86 bits per heavy atom. The van der Waals surface area contributed by atoms with Crippen LogP contribution in [-0.4, -0.2) is 11.1 Å². The highest BCUT2D eigenvalue weighted by Gasteiger charge is 2.16. The molecule has 0 bridgehead atoms. The van der Waals surface area contributed by atoms with E-state index in [1.165, 1.54) is 0 Å². The number of hydrogen-bond donors (Lipinski definition) is 1. The third-order valence-corrected chi connectivity index (χ3v) is 2.69. The summed E-state index contributed by atoms with van der Waals surface area (Å²) in [6, 6.07) is 4.04. The van der Waals surface area contributed by atoms with Gasteiger partial charge >= 0.3 is 5.97 Å². The summed E-state index contributed by atoms with van der Waals surface area (Å²) < 4.78 is 0. The molecule has 0 saturated carbocycles. The van der Waals surface area contributed by atoms with Crippen LogP contribution in [0.1, 0.15) is 35.1 Å². The average Bonchev–Trinajstić information content (AvgIpc) is 2.09. The van der Waals surface area contributed by atoms with E-state index in [-0.39, 0.29) is 0 Å². The highest BCUT2D eigenvalue weighted by Crippen LogP contribution is 2.23. The third-order valence-electron chi connectivity index (χ3n) is 2.69. The lowest BCUT2D eigenvalue weighted by Crippen LogP contribution is -2.09. The molecule has 1 N–H and O–H groups in total. The topological polar surface area (TPSA) is 37.3 Å². The average molecular weight is 192 g/mol. The lowest BCUT2D eigenvalue weighted by molar-refractivity contribution is -0.138. The zero-order valence-corrected chi connectivity index (χ0v) is 9.09. The summed E-state index contributed by atoms with van der Waals surface area (Å²) in [5.41, 5.74) is 4.30. The minimum absolute atomic E-state index is 0.423. The molecule has 0 radical (unpaired) electrons. The molecule has 0 aliphatic carbocycles. The van der Waals surface area contributed by atoms with Crippen LogP contribution in [0.5, 0.6) is 0 Å². The summed E-state index contributed by atoms with van der Waals surface area (Å²) in [6.07, 6.45) is 0. The molecule has 1 aromatic carbocycles. The first-order valence-corrected chi connectivity index (χ1v) is 4.74. The van der Waals surface area contributed by atoms with Crippen molar-refractivity contribution in [3.63, 3.8) is 0 Å². The van der Waals surface area contributed by atoms with Gasteiger partial charge in [0.25, 0.3) is 0 Å². The molecular formula is C12H16O2. The van der Waals surface area contributed by atoms with E-state index in [0.29, 0.717) is 0 Å². The van der Waals surface area contributed by atoms with Crippen LogP contribution in [0.2, 0.25) is 0 Å². The maximum Gasteiger partial charge on any atom is 0.310 e. The summed E-state index contributed by atoms with van der Waals surface area (Å²) in [7, 11) is 0. The number of carboxylic acids is 1. The molecule has 1 rings (SSSR count). The third kappa shape index (κ3) is 1.95. The molecule has 14 heavy (non-hydrogen) atoms. The number of aliphatic carboxylic acids is 1. The lowest BCUT2D eigenvalue weighted by Gasteiger charge is -2.13. The van der Waals surface area contributed by atoms with E-state index in [9.17, 15) is 4.79 Å². The van der Waals surface area contributed by atoms with Gasteiger partial charge in [-0.25, -0.2) is 0 Å². The molecule has 1 unspecified atom stereocenters. The van der Waals surface area contributed by atoms with Crippen LogP contribution in [0, 0.1) is 20.8 Å². The van der Waals surface area contributed by atoms with E-state index in [4.69, 9.17) is 5.11 Å². The molecule has 0 aliphatic heterocycles. The largest absolute Gasteiger partial charge is 0.481 e. The Bertz CT molecular complexity index is 367. The van der Waals surface area contributed by atoms with Gasteiger partial charge in [0, 0.05) is 0 Å². The summed E-state index contributed by atoms with van der Waals surface area (Å²) in [5.74, 6) is -1.19. The summed E-state index contributed by atoms with van der Waals surface area (Å²) in [6.45, 7) is 7.71. The Morgan fingerprint density at radius 1 is 1.29 bits per heavy atom. The van der Waals surface area contributed by atoms with Crippen LogP contribution in [0.15, 0.2) is 12.1 Å². The standard InChI is InChI=1S/C12H16O2/c1-7-5-8(2)9(3)11(6-7)10(4)12(13)14/h5-6,10H,1-4H3,(H,13,14). The maximum absolute atomic E-state index is 10.9. The van der Waals surface area contributed by atoms with E-state index >= 15 is 0 Å². The summed E-state index contributed by atoms with van der Waals surface area (Å²) in [5, 5.41) is 8.94. The molecule has 0 aliphatic rings. The first-order valence-electron chi connectivity index (χ1n) is 4.74. The number of rotatable bonds is 2. The molecule has 2 nitrogen and oxygen atoms in total. The zero-order chi connectivity index (χ0) is 10.9. The van der Waals surface area contributed by atoms with Crippen molar-refractivity contribution < 1.29 is 9.90 Å². The number of aryl methyl sites for hydroxylation is 2. The Morgan fingerprint density at radius 3 is 2.36 bits per heavy atom. The molecule has 0 aromatic heterocycles. The minimum Gasteiger partial charge on any atom is -0.481 e. The number of benzene rings is 1. The van der Waals surface area contributed by atoms with Crippen LogP contribution in [0.3, 0.4) is 0 Å². The summed E-state index contributed by atoms with van der Waals surface area (Å²) in [4.78, 5) is 10.9. The Kier molecular flexibility index (Phi) is 2.94. The van der Waals surface area contributed by atoms with Gasteiger partial charge in [-0.15, -0.1) is 0 Å². The van der Waals surface area contributed by atoms with Gasteiger partial charge in [0.1, 0.15) is 0 Å². The van der Waals surface area contributed by atoms with Crippen molar-refractivity contribution in [3.05, 3.63) is 34.4 Å². The molecule has 0 saturated heterocycles. The fourth-order valence-electron chi connectivity index (χ4n) is 1.66. The lowest BCUT2D eigenvalue weighted by atomic mass is 9.92. The summed E-state index contributed by atoms with van der Waals surface area (Å²) >= 11 is 0. The van der Waals surface area contributed by atoms with Crippen LogP contribution in [0.4, 0.5) is 0 Å². The molecule has 0 amide bonds. The van der Waals surface area contributed by atoms with Gasteiger partial charge in [-0.05, 0) is 44.4 Å². The van der Waals surface area contributed by atoms with Gasteiger partial charge in [-0.2, -0.15) is 0 Å². The molecule has 0 heterocycles. The number of carbonyl (C=O) groups is 1. The van der Waals surface area contributed by atoms with E-state index in [1.54, 1.807) is 6.92 Å². The highest BCUT2D eigenvalue weighted by atomic mass is 16.4. The van der Waals surface area contributed by atoms with E-state index in [0.717, 1.165) is 22.3 Å². The van der Waals surface area contributed by atoms with Crippen molar-refractivity contribution in [3.8, 4) is 0 Å². The van der Waals surface area contributed by atoms with Crippen molar-refractivity contribution in [2.75, 3.05) is 0 Å². The molecule has 1 atom stereocenters. The Labute approximate surface area is 84.6 Å². The normalized spacial score (nSPS) is 12.6. The molecule has 2 heteroatoms. The maximum atomic E-state index is 10.9.